The lowest BCUT2D eigenvalue weighted by Crippen LogP contribution is -2.34. The molecule has 0 amide bonds. The molecule has 0 saturated carbocycles. The van der Waals surface area contributed by atoms with Gasteiger partial charge in [-0.1, -0.05) is 0 Å². The molecule has 1 heterocycles. The van der Waals surface area contributed by atoms with Crippen molar-refractivity contribution < 1.29 is 4.39 Å². The predicted octanol–water partition coefficient (Wildman–Crippen LogP) is 1.61. The van der Waals surface area contributed by atoms with E-state index in [0.29, 0.717) is 0 Å². The number of nitrogens with one attached hydrogen (secondary N) is 1. The highest BCUT2D eigenvalue weighted by Crippen LogP contribution is 2.20. The smallest absolute Gasteiger partial charge is 0.304 e. The first-order chi connectivity index (χ1) is 7.56. The molecule has 1 aromatic carbocycles. The van der Waals surface area contributed by atoms with E-state index in [0.717, 1.165) is 4.57 Å². The number of hydrogen-bond acceptors (Lipinski definition) is 2. The quantitative estimate of drug-likeness (QED) is 0.866. The zero-order chi connectivity index (χ0) is 11.9. The van der Waals surface area contributed by atoms with Crippen molar-refractivity contribution in [2.45, 2.75) is 13.5 Å². The number of aromatic nitrogens is 2. The molecule has 1 N–H and O–H groups in total. The Morgan fingerprint density at radius 2 is 2.12 bits per heavy atom. The van der Waals surface area contributed by atoms with Crippen LogP contribution in [-0.4, -0.2) is 9.55 Å². The van der Waals surface area contributed by atoms with E-state index in [1.54, 1.807) is 6.92 Å². The lowest BCUT2D eigenvalue weighted by Gasteiger charge is -2.04. The van der Waals surface area contributed by atoms with Crippen molar-refractivity contribution in [3.05, 3.63) is 43.3 Å². The van der Waals surface area contributed by atoms with Gasteiger partial charge in [-0.15, -0.1) is 0 Å². The molecule has 4 nitrogen and oxygen atoms in total. The van der Waals surface area contributed by atoms with Crippen LogP contribution in [0.25, 0.3) is 10.9 Å². The summed E-state index contributed by atoms with van der Waals surface area (Å²) >= 11 is 3.00. The van der Waals surface area contributed by atoms with Gasteiger partial charge in [-0.05, 0) is 35.0 Å². The van der Waals surface area contributed by atoms with E-state index in [-0.39, 0.29) is 21.9 Å². The minimum absolute atomic E-state index is 0.0610. The molecule has 0 saturated heterocycles. The summed E-state index contributed by atoms with van der Waals surface area (Å²) in [5.74, 6) is -0.630. The molecular formula is C10H8BrFN2O2. The molecule has 0 unspecified atom stereocenters. The zero-order valence-electron chi connectivity index (χ0n) is 8.38. The van der Waals surface area contributed by atoms with E-state index in [2.05, 4.69) is 20.9 Å². The Balaban J connectivity index is 3.05. The maximum Gasteiger partial charge on any atom is 0.328 e. The van der Waals surface area contributed by atoms with Crippen LogP contribution in [0.1, 0.15) is 6.92 Å². The lowest BCUT2D eigenvalue weighted by molar-refractivity contribution is 0.623. The molecule has 2 rings (SSSR count). The number of benzene rings is 1. The molecule has 6 heteroatoms. The normalized spacial score (nSPS) is 10.9. The molecule has 0 aliphatic rings. The Labute approximate surface area is 97.8 Å². The van der Waals surface area contributed by atoms with Gasteiger partial charge in [0, 0.05) is 6.54 Å². The van der Waals surface area contributed by atoms with Gasteiger partial charge in [0.2, 0.25) is 0 Å². The van der Waals surface area contributed by atoms with E-state index in [1.807, 2.05) is 0 Å². The maximum absolute atomic E-state index is 13.6. The SMILES string of the molecule is CCn1c(=O)[nH]c2c(F)c(Br)ccc2c1=O. The van der Waals surface area contributed by atoms with Crippen LogP contribution in [0.15, 0.2) is 26.2 Å². The van der Waals surface area contributed by atoms with Gasteiger partial charge in [0.25, 0.3) is 5.56 Å². The maximum atomic E-state index is 13.6. The molecule has 1 aromatic heterocycles. The van der Waals surface area contributed by atoms with Crippen LogP contribution in [0, 0.1) is 5.82 Å². The number of rotatable bonds is 1. The minimum Gasteiger partial charge on any atom is -0.304 e. The van der Waals surface area contributed by atoms with Crippen molar-refractivity contribution in [2.24, 2.45) is 0 Å². The molecule has 0 radical (unpaired) electrons. The Morgan fingerprint density at radius 1 is 1.44 bits per heavy atom. The van der Waals surface area contributed by atoms with Gasteiger partial charge in [0.15, 0.2) is 5.82 Å². The molecule has 0 aliphatic heterocycles. The summed E-state index contributed by atoms with van der Waals surface area (Å²) in [4.78, 5) is 25.6. The van der Waals surface area contributed by atoms with Crippen LogP contribution >= 0.6 is 15.9 Å². The summed E-state index contributed by atoms with van der Waals surface area (Å²) in [6, 6.07) is 2.92. The Kier molecular flexibility index (Phi) is 2.67. The number of fused-ring (bicyclic) bond motifs is 1. The van der Waals surface area contributed by atoms with Gasteiger partial charge < -0.3 is 4.98 Å². The van der Waals surface area contributed by atoms with Crippen LogP contribution in [0.5, 0.6) is 0 Å². The topological polar surface area (TPSA) is 54.9 Å². The summed E-state index contributed by atoms with van der Waals surface area (Å²) in [7, 11) is 0. The summed E-state index contributed by atoms with van der Waals surface area (Å²) < 4.78 is 14.9. The molecule has 2 aromatic rings. The summed E-state index contributed by atoms with van der Waals surface area (Å²) in [5.41, 5.74) is -1.14. The van der Waals surface area contributed by atoms with E-state index < -0.39 is 17.1 Å². The number of halogens is 2. The predicted molar refractivity (Wildman–Crippen MR) is 62.2 cm³/mol. The van der Waals surface area contributed by atoms with E-state index in [4.69, 9.17) is 0 Å². The van der Waals surface area contributed by atoms with Gasteiger partial charge >= 0.3 is 5.69 Å². The first-order valence-corrected chi connectivity index (χ1v) is 5.46. The van der Waals surface area contributed by atoms with Crippen molar-refractivity contribution in [2.75, 3.05) is 0 Å². The third-order valence-corrected chi connectivity index (χ3v) is 2.98. The Hall–Kier alpha value is -1.43. The van der Waals surface area contributed by atoms with Gasteiger partial charge in [-0.25, -0.2) is 9.18 Å². The third kappa shape index (κ3) is 1.49. The molecule has 16 heavy (non-hydrogen) atoms. The Morgan fingerprint density at radius 3 is 2.75 bits per heavy atom. The van der Waals surface area contributed by atoms with Crippen molar-refractivity contribution in [1.29, 1.82) is 0 Å². The van der Waals surface area contributed by atoms with Crippen molar-refractivity contribution in [1.82, 2.24) is 9.55 Å². The van der Waals surface area contributed by atoms with Crippen molar-refractivity contribution in [3.63, 3.8) is 0 Å². The highest BCUT2D eigenvalue weighted by Gasteiger charge is 2.11. The average Bonchev–Trinajstić information content (AvgIpc) is 2.25. The highest BCUT2D eigenvalue weighted by atomic mass is 79.9. The second-order valence-electron chi connectivity index (χ2n) is 3.26. The molecule has 0 aliphatic carbocycles. The fourth-order valence-electron chi connectivity index (χ4n) is 1.55. The van der Waals surface area contributed by atoms with Gasteiger partial charge in [0.1, 0.15) is 0 Å². The number of H-pyrrole nitrogens is 1. The molecule has 0 atom stereocenters. The van der Waals surface area contributed by atoms with Crippen molar-refractivity contribution >= 4 is 26.8 Å². The zero-order valence-corrected chi connectivity index (χ0v) is 9.97. The van der Waals surface area contributed by atoms with E-state index in [9.17, 15) is 14.0 Å². The highest BCUT2D eigenvalue weighted by molar-refractivity contribution is 9.10. The lowest BCUT2D eigenvalue weighted by atomic mass is 10.2. The largest absolute Gasteiger partial charge is 0.328 e. The van der Waals surface area contributed by atoms with Gasteiger partial charge in [0.05, 0.1) is 15.4 Å². The van der Waals surface area contributed by atoms with Gasteiger partial charge in [-0.2, -0.15) is 0 Å². The van der Waals surface area contributed by atoms with Crippen LogP contribution in [0.3, 0.4) is 0 Å². The van der Waals surface area contributed by atoms with Crippen LogP contribution in [0.4, 0.5) is 4.39 Å². The molecular weight excluding hydrogens is 279 g/mol. The van der Waals surface area contributed by atoms with Crippen LogP contribution < -0.4 is 11.2 Å². The number of nitrogens with zero attached hydrogens (tertiary/aromatic N) is 1. The van der Waals surface area contributed by atoms with E-state index >= 15 is 0 Å². The molecule has 0 bridgehead atoms. The Bertz CT molecular complexity index is 675. The van der Waals surface area contributed by atoms with E-state index in [1.165, 1.54) is 12.1 Å². The first-order valence-electron chi connectivity index (χ1n) is 4.67. The van der Waals surface area contributed by atoms with Crippen LogP contribution in [-0.2, 0) is 6.54 Å². The first kappa shape index (κ1) is 11.1. The van der Waals surface area contributed by atoms with Crippen LogP contribution in [0.2, 0.25) is 0 Å². The third-order valence-electron chi connectivity index (χ3n) is 2.36. The fraction of sp³-hybridized carbons (Fsp3) is 0.200. The second-order valence-corrected chi connectivity index (χ2v) is 4.12. The van der Waals surface area contributed by atoms with Crippen molar-refractivity contribution in [3.8, 4) is 0 Å². The summed E-state index contributed by atoms with van der Waals surface area (Å²) in [6.07, 6.45) is 0. The molecule has 0 fully saturated rings. The minimum atomic E-state index is -0.630. The monoisotopic (exact) mass is 286 g/mol. The second kappa shape index (κ2) is 3.86. The molecule has 84 valence electrons. The standard InChI is InChI=1S/C10H8BrFN2O2/c1-2-14-9(15)5-3-4-6(11)7(12)8(5)13-10(14)16/h3-4H,2H2,1H3,(H,13,16). The van der Waals surface area contributed by atoms with Gasteiger partial charge in [-0.3, -0.25) is 9.36 Å². The molecule has 0 spiro atoms. The average molecular weight is 287 g/mol. The number of aromatic amines is 1. The fourth-order valence-corrected chi connectivity index (χ4v) is 1.88. The number of hydrogen-bond donors (Lipinski definition) is 1. The summed E-state index contributed by atoms with van der Waals surface area (Å²) in [6.45, 7) is 1.93. The summed E-state index contributed by atoms with van der Waals surface area (Å²) in [5, 5.41) is 0.169.